The number of rotatable bonds is 5. The molecule has 0 amide bonds. The smallest absolute Gasteiger partial charge is 0.319 e. The molecule has 45 heavy (non-hydrogen) atoms. The molecule has 12 heteroatoms. The van der Waals surface area contributed by atoms with Gasteiger partial charge in [-0.15, -0.1) is 0 Å². The van der Waals surface area contributed by atoms with E-state index >= 15 is 4.39 Å². The second-order valence-corrected chi connectivity index (χ2v) is 13.6. The molecule has 5 atom stereocenters. The Morgan fingerprint density at radius 1 is 1.18 bits per heavy atom. The normalized spacial score (nSPS) is 31.1. The average molecular weight is 612 g/mol. The zero-order chi connectivity index (χ0) is 30.2. The van der Waals surface area contributed by atoms with Crippen molar-refractivity contribution in [3.8, 4) is 23.2 Å². The summed E-state index contributed by atoms with van der Waals surface area (Å²) >= 11 is 0. The number of nitrogens with two attached hydrogens (primary N) is 1. The summed E-state index contributed by atoms with van der Waals surface area (Å²) in [6, 6.07) is 8.03. The van der Waals surface area contributed by atoms with Gasteiger partial charge in [-0.3, -0.25) is 4.90 Å². The Morgan fingerprint density at radius 2 is 2.07 bits per heavy atom. The Morgan fingerprint density at radius 3 is 2.84 bits per heavy atom. The van der Waals surface area contributed by atoms with Gasteiger partial charge in [-0.1, -0.05) is 12.1 Å². The number of anilines is 2. The number of nitrogen functional groups attached to an aromatic ring is 1. The van der Waals surface area contributed by atoms with Crippen LogP contribution in [0.3, 0.4) is 0 Å². The lowest BCUT2D eigenvalue weighted by atomic mass is 9.54. The molecule has 4 saturated heterocycles. The number of nitrogens with one attached hydrogen (secondary N) is 1. The van der Waals surface area contributed by atoms with Gasteiger partial charge < -0.3 is 29.8 Å². The van der Waals surface area contributed by atoms with Crippen LogP contribution in [-0.4, -0.2) is 70.4 Å². The third-order valence-corrected chi connectivity index (χ3v) is 11.7. The maximum atomic E-state index is 17.3. The number of piperazine rings is 1. The number of nitriles is 1. The van der Waals surface area contributed by atoms with Crippen molar-refractivity contribution >= 4 is 33.6 Å². The number of aromatic nitrogens is 2. The summed E-state index contributed by atoms with van der Waals surface area (Å²) in [5.41, 5.74) is 8.87. The number of halogens is 2. The Labute approximate surface area is 257 Å². The van der Waals surface area contributed by atoms with Crippen molar-refractivity contribution in [3.63, 3.8) is 0 Å². The van der Waals surface area contributed by atoms with Crippen molar-refractivity contribution in [1.29, 1.82) is 5.26 Å². The Balaban J connectivity index is 1.18. The fourth-order valence-corrected chi connectivity index (χ4v) is 9.46. The molecular weight excluding hydrogens is 580 g/mol. The van der Waals surface area contributed by atoms with Gasteiger partial charge in [0.2, 0.25) is 5.88 Å². The number of fused-ring (bicyclic) bond motifs is 5. The van der Waals surface area contributed by atoms with Crippen molar-refractivity contribution in [3.05, 3.63) is 40.7 Å². The number of benzene rings is 2. The molecule has 1 spiro atoms. The molecule has 7 heterocycles. The summed E-state index contributed by atoms with van der Waals surface area (Å²) < 4.78 is 49.8. The molecule has 6 aliphatic rings. The summed E-state index contributed by atoms with van der Waals surface area (Å²) in [6.07, 6.45) is 3.52. The van der Waals surface area contributed by atoms with Gasteiger partial charge in [0.25, 0.3) is 0 Å². The first kappa shape index (κ1) is 26.2. The highest BCUT2D eigenvalue weighted by Crippen LogP contribution is 2.58. The zero-order valence-corrected chi connectivity index (χ0v) is 24.5. The molecule has 5 aliphatic heterocycles. The molecule has 2 aromatic heterocycles. The van der Waals surface area contributed by atoms with Gasteiger partial charge in [-0.05, 0) is 55.0 Å². The van der Waals surface area contributed by atoms with Crippen LogP contribution in [0.5, 0.6) is 6.01 Å². The highest BCUT2D eigenvalue weighted by Gasteiger charge is 2.71. The number of furan rings is 1. The molecule has 1 saturated carbocycles. The van der Waals surface area contributed by atoms with Crippen LogP contribution in [0.25, 0.3) is 33.0 Å². The molecule has 3 N–H and O–H groups in total. The van der Waals surface area contributed by atoms with E-state index in [-0.39, 0.29) is 60.4 Å². The van der Waals surface area contributed by atoms with E-state index in [9.17, 15) is 9.65 Å². The van der Waals surface area contributed by atoms with Crippen molar-refractivity contribution in [2.24, 2.45) is 0 Å². The van der Waals surface area contributed by atoms with Crippen molar-refractivity contribution < 1.29 is 22.7 Å². The van der Waals surface area contributed by atoms with E-state index in [1.807, 2.05) is 0 Å². The largest absolute Gasteiger partial charge is 0.461 e. The topological polar surface area (TPSA) is 126 Å². The Kier molecular flexibility index (Phi) is 5.13. The molecule has 5 fully saturated rings. The maximum Gasteiger partial charge on any atom is 0.319 e. The minimum absolute atomic E-state index is 0.00650. The van der Waals surface area contributed by atoms with E-state index in [2.05, 4.69) is 21.2 Å². The van der Waals surface area contributed by atoms with Gasteiger partial charge >= 0.3 is 6.01 Å². The van der Waals surface area contributed by atoms with Crippen LogP contribution < -0.4 is 20.7 Å². The van der Waals surface area contributed by atoms with Gasteiger partial charge in [0.1, 0.15) is 41.3 Å². The van der Waals surface area contributed by atoms with Crippen LogP contribution in [0.15, 0.2) is 22.6 Å². The number of nitrogens with zero attached hydrogens (tertiary/aromatic N) is 5. The molecule has 230 valence electrons. The Hall–Kier alpha value is -4.05. The number of hydrogen-bond acceptors (Lipinski definition) is 10. The van der Waals surface area contributed by atoms with Crippen LogP contribution in [0.2, 0.25) is 0 Å². The lowest BCUT2D eigenvalue weighted by Gasteiger charge is -2.77. The SMILES string of the molecule is N#Cc1c(N)oc2cccc(-c3c4c(c5c(N6C7CCC78NCC68)nc(OC[C@@]67CCCN6CC(F)C7)nc5c3F)COC4)c12. The van der Waals surface area contributed by atoms with Crippen LogP contribution >= 0.6 is 0 Å². The van der Waals surface area contributed by atoms with Gasteiger partial charge in [-0.25, -0.2) is 8.78 Å². The first-order valence-electron chi connectivity index (χ1n) is 15.8. The molecule has 4 unspecified atom stereocenters. The van der Waals surface area contributed by atoms with Gasteiger partial charge in [0.05, 0.1) is 41.8 Å². The molecule has 0 radical (unpaired) electrons. The van der Waals surface area contributed by atoms with E-state index in [1.54, 1.807) is 18.2 Å². The van der Waals surface area contributed by atoms with Crippen LogP contribution in [0.4, 0.5) is 20.5 Å². The predicted octanol–water partition coefficient (Wildman–Crippen LogP) is 4.31. The van der Waals surface area contributed by atoms with Gasteiger partial charge in [-0.2, -0.15) is 15.2 Å². The molecule has 2 aromatic carbocycles. The van der Waals surface area contributed by atoms with E-state index in [1.165, 1.54) is 0 Å². The van der Waals surface area contributed by atoms with Crippen molar-refractivity contribution in [2.45, 2.75) is 74.7 Å². The lowest BCUT2D eigenvalue weighted by molar-refractivity contribution is -0.0522. The van der Waals surface area contributed by atoms with Gasteiger partial charge in [0.15, 0.2) is 5.82 Å². The molecule has 4 aromatic rings. The number of hydrogen-bond donors (Lipinski definition) is 2. The second kappa shape index (κ2) is 8.81. The quantitative estimate of drug-likeness (QED) is 0.337. The van der Waals surface area contributed by atoms with E-state index in [0.717, 1.165) is 44.3 Å². The third-order valence-electron chi connectivity index (χ3n) is 11.7. The average Bonchev–Trinajstić information content (AvgIpc) is 3.76. The fraction of sp³-hybridized carbons (Fsp3) is 0.485. The highest BCUT2D eigenvalue weighted by atomic mass is 19.1. The minimum atomic E-state index is -0.888. The number of alkyl halides is 1. The molecular formula is C33H31F2N7O3. The van der Waals surface area contributed by atoms with Crippen LogP contribution in [-0.2, 0) is 18.0 Å². The standard InChI is InChI=1S/C33H31F2N7O3/c34-16-9-32(6-2-8-41(32)12-16)15-44-31-39-28-26(30(40-31)42-22-5-7-33(22)23(42)11-38-33)20-14-43-13-19(20)25(27(28)35)17-3-1-4-21-24(17)18(10-36)29(37)45-21/h1,3-4,16,22-23,38H,2,5-9,11-15,37H2/t16?,22?,23?,32-,33?/m0/s1. The van der Waals surface area contributed by atoms with E-state index in [4.69, 9.17) is 29.6 Å². The van der Waals surface area contributed by atoms with Gasteiger partial charge in [0, 0.05) is 30.5 Å². The lowest BCUT2D eigenvalue weighted by Crippen LogP contribution is -2.96. The highest BCUT2D eigenvalue weighted by molar-refractivity contribution is 6.05. The maximum absolute atomic E-state index is 17.3. The molecule has 10 nitrogen and oxygen atoms in total. The number of ether oxygens (including phenoxy) is 2. The zero-order valence-electron chi connectivity index (χ0n) is 24.5. The molecule has 10 rings (SSSR count). The summed E-state index contributed by atoms with van der Waals surface area (Å²) in [6.45, 7) is 2.85. The minimum Gasteiger partial charge on any atom is -0.461 e. The van der Waals surface area contributed by atoms with E-state index < -0.39 is 17.5 Å². The van der Waals surface area contributed by atoms with Crippen molar-refractivity contribution in [1.82, 2.24) is 20.2 Å². The first-order valence-corrected chi connectivity index (χ1v) is 15.8. The van der Waals surface area contributed by atoms with Crippen molar-refractivity contribution in [2.75, 3.05) is 36.9 Å². The third kappa shape index (κ3) is 3.21. The molecule has 0 bridgehead atoms. The monoisotopic (exact) mass is 611 g/mol. The second-order valence-electron chi connectivity index (χ2n) is 13.6. The van der Waals surface area contributed by atoms with Crippen LogP contribution in [0.1, 0.15) is 48.8 Å². The summed E-state index contributed by atoms with van der Waals surface area (Å²) in [4.78, 5) is 14.3. The predicted molar refractivity (Wildman–Crippen MR) is 161 cm³/mol. The fourth-order valence-electron chi connectivity index (χ4n) is 9.46. The molecule has 1 aliphatic carbocycles. The first-order chi connectivity index (χ1) is 21.9. The summed E-state index contributed by atoms with van der Waals surface area (Å²) in [5, 5.41) is 14.7. The van der Waals surface area contributed by atoms with Crippen LogP contribution in [0, 0.1) is 17.1 Å². The summed E-state index contributed by atoms with van der Waals surface area (Å²) in [5.74, 6) is 0.137. The number of piperidine rings is 1. The van der Waals surface area contributed by atoms with E-state index in [0.29, 0.717) is 51.8 Å². The summed E-state index contributed by atoms with van der Waals surface area (Å²) in [7, 11) is 0. The Bertz CT molecular complexity index is 1990.